The summed E-state index contributed by atoms with van der Waals surface area (Å²) in [5.74, 6) is 0.641. The van der Waals surface area contributed by atoms with E-state index < -0.39 is 0 Å². The van der Waals surface area contributed by atoms with E-state index in [0.717, 1.165) is 11.1 Å². The second-order valence-electron chi connectivity index (χ2n) is 6.77. The molecule has 0 unspecified atom stereocenters. The Hall–Kier alpha value is -3.56. The van der Waals surface area contributed by atoms with Gasteiger partial charge in [0, 0.05) is 5.38 Å². The van der Waals surface area contributed by atoms with Crippen LogP contribution in [0.4, 0.5) is 10.1 Å². The summed E-state index contributed by atoms with van der Waals surface area (Å²) in [5.41, 5.74) is 2.57. The quantitative estimate of drug-likeness (QED) is 0.360. The summed E-state index contributed by atoms with van der Waals surface area (Å²) >= 11 is 2.86. The normalized spacial score (nSPS) is 14.9. The summed E-state index contributed by atoms with van der Waals surface area (Å²) in [6, 6.07) is 17.1. The molecule has 9 heteroatoms. The lowest BCUT2D eigenvalue weighted by molar-refractivity contribution is -0.113. The first-order chi connectivity index (χ1) is 15.7. The van der Waals surface area contributed by atoms with Crippen molar-refractivity contribution < 1.29 is 13.7 Å². The largest absolute Gasteiger partial charge is 0.334 e. The lowest BCUT2D eigenvalue weighted by atomic mass is 10.2. The van der Waals surface area contributed by atoms with E-state index in [1.165, 1.54) is 28.8 Å². The highest BCUT2D eigenvalue weighted by Gasteiger charge is 2.32. The molecule has 5 rings (SSSR count). The van der Waals surface area contributed by atoms with Crippen molar-refractivity contribution in [3.8, 4) is 11.5 Å². The lowest BCUT2D eigenvalue weighted by Crippen LogP contribution is -2.30. The molecule has 2 aromatic carbocycles. The number of aliphatic imine (C=N–C) groups is 1. The molecule has 1 amide bonds. The number of halogens is 1. The average Bonchev–Trinajstić information content (AvgIpc) is 3.55. The third kappa shape index (κ3) is 4.25. The van der Waals surface area contributed by atoms with E-state index >= 15 is 0 Å². The number of thiophene rings is 1. The van der Waals surface area contributed by atoms with E-state index in [4.69, 9.17) is 4.52 Å². The number of nitrogens with zero attached hydrogens (tertiary/aromatic N) is 4. The molecule has 0 spiro atoms. The summed E-state index contributed by atoms with van der Waals surface area (Å²) < 4.78 is 18.8. The smallest absolute Gasteiger partial charge is 0.283 e. The fourth-order valence-corrected chi connectivity index (χ4v) is 4.55. The van der Waals surface area contributed by atoms with Gasteiger partial charge in [0.25, 0.3) is 11.8 Å². The Bertz CT molecular complexity index is 1300. The number of aromatic nitrogens is 2. The van der Waals surface area contributed by atoms with E-state index in [2.05, 4.69) is 15.1 Å². The summed E-state index contributed by atoms with van der Waals surface area (Å²) in [4.78, 5) is 23.6. The van der Waals surface area contributed by atoms with Crippen molar-refractivity contribution in [2.24, 2.45) is 4.99 Å². The summed E-state index contributed by atoms with van der Waals surface area (Å²) in [6.45, 7) is 0. The Morgan fingerprint density at radius 1 is 1.09 bits per heavy atom. The molecule has 32 heavy (non-hydrogen) atoms. The van der Waals surface area contributed by atoms with Crippen molar-refractivity contribution in [3.63, 3.8) is 0 Å². The topological polar surface area (TPSA) is 71.6 Å². The molecule has 158 valence electrons. The summed E-state index contributed by atoms with van der Waals surface area (Å²) in [5, 5.41) is 8.36. The highest BCUT2D eigenvalue weighted by atomic mass is 32.2. The van der Waals surface area contributed by atoms with E-state index in [-0.39, 0.29) is 11.7 Å². The standard InChI is InChI=1S/C23H15FN4O2S2/c24-17-6-8-18(9-7-17)28-22(29)19(12-15-4-2-1-3-5-15)25-23(28)32-14-20-26-21(30-27-20)16-10-11-31-13-16/h1-13H,14H2/b19-12+. The Balaban J connectivity index is 1.42. The Labute approximate surface area is 191 Å². The number of amidine groups is 1. The third-order valence-electron chi connectivity index (χ3n) is 4.58. The molecule has 0 fully saturated rings. The van der Waals surface area contributed by atoms with Crippen molar-refractivity contribution in [3.05, 3.63) is 94.3 Å². The molecule has 1 aliphatic rings. The number of anilines is 1. The number of benzene rings is 2. The predicted octanol–water partition coefficient (Wildman–Crippen LogP) is 5.61. The van der Waals surface area contributed by atoms with E-state index in [1.54, 1.807) is 29.5 Å². The van der Waals surface area contributed by atoms with Crippen LogP contribution >= 0.6 is 23.1 Å². The number of amides is 1. The maximum absolute atomic E-state index is 13.4. The van der Waals surface area contributed by atoms with Gasteiger partial charge >= 0.3 is 0 Å². The van der Waals surface area contributed by atoms with E-state index in [1.807, 2.05) is 47.2 Å². The van der Waals surface area contributed by atoms with Crippen LogP contribution in [-0.4, -0.2) is 21.2 Å². The molecule has 0 saturated heterocycles. The number of carbonyl (C=O) groups is 1. The molecule has 0 atom stereocenters. The zero-order valence-electron chi connectivity index (χ0n) is 16.5. The Morgan fingerprint density at radius 2 is 1.91 bits per heavy atom. The number of hydrogen-bond donors (Lipinski definition) is 0. The maximum atomic E-state index is 13.4. The van der Waals surface area contributed by atoms with Crippen LogP contribution in [0.3, 0.4) is 0 Å². The van der Waals surface area contributed by atoms with E-state index in [0.29, 0.717) is 34.0 Å². The van der Waals surface area contributed by atoms with Crippen molar-refractivity contribution in [1.29, 1.82) is 0 Å². The molecule has 2 aromatic heterocycles. The number of hydrogen-bond acceptors (Lipinski definition) is 7. The number of thioether (sulfide) groups is 1. The molecule has 6 nitrogen and oxygen atoms in total. The van der Waals surface area contributed by atoms with Crippen LogP contribution in [0.5, 0.6) is 0 Å². The second kappa shape index (κ2) is 8.89. The first kappa shape index (κ1) is 20.3. The zero-order chi connectivity index (χ0) is 21.9. The molecule has 0 N–H and O–H groups in total. The van der Waals surface area contributed by atoms with Gasteiger partial charge < -0.3 is 4.52 Å². The van der Waals surface area contributed by atoms with Crippen LogP contribution in [-0.2, 0) is 10.5 Å². The highest BCUT2D eigenvalue weighted by Crippen LogP contribution is 2.31. The summed E-state index contributed by atoms with van der Waals surface area (Å²) in [7, 11) is 0. The number of carbonyl (C=O) groups excluding carboxylic acids is 1. The van der Waals surface area contributed by atoms with Gasteiger partial charge in [-0.05, 0) is 47.4 Å². The zero-order valence-corrected chi connectivity index (χ0v) is 18.1. The minimum Gasteiger partial charge on any atom is -0.334 e. The molecule has 1 aliphatic heterocycles. The molecular formula is C23H15FN4O2S2. The van der Waals surface area contributed by atoms with Gasteiger partial charge in [0.1, 0.15) is 11.5 Å². The summed E-state index contributed by atoms with van der Waals surface area (Å²) in [6.07, 6.45) is 1.73. The van der Waals surface area contributed by atoms with Gasteiger partial charge in [-0.1, -0.05) is 47.3 Å². The molecular weight excluding hydrogens is 447 g/mol. The van der Waals surface area contributed by atoms with Crippen LogP contribution in [0.15, 0.2) is 86.6 Å². The van der Waals surface area contributed by atoms with E-state index in [9.17, 15) is 9.18 Å². The van der Waals surface area contributed by atoms with Crippen molar-refractivity contribution in [2.75, 3.05) is 4.90 Å². The van der Waals surface area contributed by atoms with Gasteiger partial charge in [0.15, 0.2) is 11.0 Å². The first-order valence-corrected chi connectivity index (χ1v) is 11.5. The SMILES string of the molecule is O=C1/C(=C\c2ccccc2)N=C(SCc2noc(-c3ccsc3)n2)N1c1ccc(F)cc1. The molecule has 0 radical (unpaired) electrons. The van der Waals surface area contributed by atoms with Gasteiger partial charge in [-0.3, -0.25) is 9.69 Å². The minimum absolute atomic E-state index is 0.282. The van der Waals surface area contributed by atoms with Crippen molar-refractivity contribution >= 4 is 45.9 Å². The first-order valence-electron chi connectivity index (χ1n) is 9.61. The fourth-order valence-electron chi connectivity index (χ4n) is 3.06. The number of rotatable bonds is 5. The van der Waals surface area contributed by atoms with Crippen LogP contribution in [0.1, 0.15) is 11.4 Å². The fraction of sp³-hybridized carbons (Fsp3) is 0.0435. The molecule has 3 heterocycles. The molecule has 0 bridgehead atoms. The monoisotopic (exact) mass is 462 g/mol. The molecule has 4 aromatic rings. The van der Waals surface area contributed by atoms with Gasteiger partial charge in [0.05, 0.1) is 17.0 Å². The van der Waals surface area contributed by atoms with Crippen molar-refractivity contribution in [2.45, 2.75) is 5.75 Å². The minimum atomic E-state index is -0.376. The van der Waals surface area contributed by atoms with Gasteiger partial charge in [-0.15, -0.1) is 0 Å². The Morgan fingerprint density at radius 3 is 2.66 bits per heavy atom. The van der Waals surface area contributed by atoms with Crippen LogP contribution < -0.4 is 4.90 Å². The van der Waals surface area contributed by atoms with Gasteiger partial charge in [-0.2, -0.15) is 16.3 Å². The van der Waals surface area contributed by atoms with Crippen LogP contribution in [0.2, 0.25) is 0 Å². The third-order valence-corrected chi connectivity index (χ3v) is 6.20. The lowest BCUT2D eigenvalue weighted by Gasteiger charge is -2.17. The average molecular weight is 463 g/mol. The van der Waals surface area contributed by atoms with Crippen LogP contribution in [0, 0.1) is 5.82 Å². The Kier molecular flexibility index (Phi) is 5.66. The molecule has 0 saturated carbocycles. The van der Waals surface area contributed by atoms with Crippen molar-refractivity contribution in [1.82, 2.24) is 10.1 Å². The molecule has 0 aliphatic carbocycles. The second-order valence-corrected chi connectivity index (χ2v) is 8.49. The predicted molar refractivity (Wildman–Crippen MR) is 125 cm³/mol. The highest BCUT2D eigenvalue weighted by molar-refractivity contribution is 8.13. The van der Waals surface area contributed by atoms with Gasteiger partial charge in [-0.25, -0.2) is 9.38 Å². The maximum Gasteiger partial charge on any atom is 0.283 e. The van der Waals surface area contributed by atoms with Crippen LogP contribution in [0.25, 0.3) is 17.5 Å². The van der Waals surface area contributed by atoms with Gasteiger partial charge in [0.2, 0.25) is 0 Å².